The lowest BCUT2D eigenvalue weighted by Gasteiger charge is -2.29. The molecule has 1 heterocycles. The second kappa shape index (κ2) is 6.21. The Morgan fingerprint density at radius 1 is 1.53 bits per heavy atom. The van der Waals surface area contributed by atoms with E-state index in [-0.39, 0.29) is 5.82 Å². The first-order valence-electron chi connectivity index (χ1n) is 5.96. The average molecular weight is 318 g/mol. The van der Waals surface area contributed by atoms with E-state index in [0.29, 0.717) is 17.8 Å². The maximum Gasteiger partial charge on any atom is 0.127 e. The summed E-state index contributed by atoms with van der Waals surface area (Å²) in [7, 11) is 0. The Hall–Kier alpha value is -0.0600. The van der Waals surface area contributed by atoms with Gasteiger partial charge in [-0.3, -0.25) is 0 Å². The zero-order chi connectivity index (χ0) is 12.3. The molecule has 4 heteroatoms. The number of thioether (sulfide) groups is 1. The highest BCUT2D eigenvalue weighted by Crippen LogP contribution is 2.25. The van der Waals surface area contributed by atoms with Crippen LogP contribution in [0.1, 0.15) is 25.3 Å². The molecule has 2 unspecified atom stereocenters. The highest BCUT2D eigenvalue weighted by atomic mass is 79.9. The molecule has 2 rings (SSSR count). The lowest BCUT2D eigenvalue weighted by molar-refractivity contribution is 0.455. The van der Waals surface area contributed by atoms with Gasteiger partial charge < -0.3 is 5.32 Å². The van der Waals surface area contributed by atoms with Gasteiger partial charge in [0.05, 0.1) is 0 Å². The van der Waals surface area contributed by atoms with Crippen LogP contribution < -0.4 is 5.32 Å². The van der Waals surface area contributed by atoms with E-state index in [4.69, 9.17) is 0 Å². The second-order valence-corrected chi connectivity index (χ2v) is 6.84. The van der Waals surface area contributed by atoms with Crippen molar-refractivity contribution in [1.29, 1.82) is 0 Å². The summed E-state index contributed by atoms with van der Waals surface area (Å²) >= 11 is 5.38. The smallest absolute Gasteiger partial charge is 0.127 e. The van der Waals surface area contributed by atoms with Crippen LogP contribution in [-0.2, 0) is 6.54 Å². The van der Waals surface area contributed by atoms with E-state index in [1.54, 1.807) is 6.07 Å². The molecule has 0 radical (unpaired) electrons. The minimum absolute atomic E-state index is 0.128. The fraction of sp³-hybridized carbons (Fsp3) is 0.538. The molecule has 1 aliphatic rings. The van der Waals surface area contributed by atoms with Gasteiger partial charge in [0.15, 0.2) is 0 Å². The van der Waals surface area contributed by atoms with E-state index in [1.165, 1.54) is 24.7 Å². The fourth-order valence-corrected chi connectivity index (χ4v) is 3.69. The Bertz CT molecular complexity index is 386. The molecule has 0 aliphatic carbocycles. The van der Waals surface area contributed by atoms with E-state index in [2.05, 4.69) is 28.2 Å². The van der Waals surface area contributed by atoms with Crippen LogP contribution in [0.15, 0.2) is 22.7 Å². The summed E-state index contributed by atoms with van der Waals surface area (Å²) in [5.41, 5.74) is 0.738. The van der Waals surface area contributed by atoms with Crippen LogP contribution in [0.5, 0.6) is 0 Å². The first-order chi connectivity index (χ1) is 8.16. The Labute approximate surface area is 115 Å². The fourth-order valence-electron chi connectivity index (χ4n) is 2.11. The summed E-state index contributed by atoms with van der Waals surface area (Å²) in [5, 5.41) is 4.10. The molecule has 0 amide bonds. The van der Waals surface area contributed by atoms with Crippen molar-refractivity contribution < 1.29 is 4.39 Å². The molecule has 0 spiro atoms. The molecule has 2 atom stereocenters. The third kappa shape index (κ3) is 3.70. The molecule has 1 aromatic carbocycles. The highest BCUT2D eigenvalue weighted by Gasteiger charge is 2.21. The number of hydrogen-bond acceptors (Lipinski definition) is 2. The van der Waals surface area contributed by atoms with E-state index < -0.39 is 0 Å². The molecule has 1 aromatic rings. The molecule has 0 aromatic heterocycles. The van der Waals surface area contributed by atoms with Crippen LogP contribution in [0.2, 0.25) is 0 Å². The second-order valence-electron chi connectivity index (χ2n) is 4.44. The van der Waals surface area contributed by atoms with Gasteiger partial charge in [0, 0.05) is 27.9 Å². The van der Waals surface area contributed by atoms with Crippen molar-refractivity contribution in [3.8, 4) is 0 Å². The largest absolute Gasteiger partial charge is 0.309 e. The van der Waals surface area contributed by atoms with Gasteiger partial charge in [-0.2, -0.15) is 11.8 Å². The topological polar surface area (TPSA) is 12.0 Å². The van der Waals surface area contributed by atoms with Gasteiger partial charge in [-0.15, -0.1) is 0 Å². The minimum Gasteiger partial charge on any atom is -0.309 e. The zero-order valence-electron chi connectivity index (χ0n) is 9.88. The van der Waals surface area contributed by atoms with Crippen molar-refractivity contribution in [2.75, 3.05) is 5.75 Å². The summed E-state index contributed by atoms with van der Waals surface area (Å²) in [6.45, 7) is 2.86. The summed E-state index contributed by atoms with van der Waals surface area (Å²) in [4.78, 5) is 0. The van der Waals surface area contributed by atoms with E-state index >= 15 is 0 Å². The van der Waals surface area contributed by atoms with Crippen molar-refractivity contribution >= 4 is 27.7 Å². The van der Waals surface area contributed by atoms with Crippen molar-refractivity contribution in [3.63, 3.8) is 0 Å². The number of benzene rings is 1. The van der Waals surface area contributed by atoms with Gasteiger partial charge >= 0.3 is 0 Å². The van der Waals surface area contributed by atoms with Crippen LogP contribution in [0.25, 0.3) is 0 Å². The summed E-state index contributed by atoms with van der Waals surface area (Å²) in [5.74, 6) is 1.13. The van der Waals surface area contributed by atoms with E-state index in [9.17, 15) is 4.39 Å². The molecule has 94 valence electrons. The monoisotopic (exact) mass is 317 g/mol. The number of nitrogens with one attached hydrogen (secondary N) is 1. The molecule has 1 saturated heterocycles. The first-order valence-corrected chi connectivity index (χ1v) is 7.80. The maximum atomic E-state index is 13.6. The van der Waals surface area contributed by atoms with Crippen LogP contribution >= 0.6 is 27.7 Å². The number of rotatable bonds is 3. The minimum atomic E-state index is -0.128. The lowest BCUT2D eigenvalue weighted by Crippen LogP contribution is -2.38. The molecule has 0 bridgehead atoms. The molecule has 1 nitrogen and oxygen atoms in total. The van der Waals surface area contributed by atoms with Crippen molar-refractivity contribution in [2.45, 2.75) is 37.6 Å². The molecule has 17 heavy (non-hydrogen) atoms. The Kier molecular flexibility index (Phi) is 4.88. The van der Waals surface area contributed by atoms with Gasteiger partial charge in [-0.1, -0.05) is 22.9 Å². The van der Waals surface area contributed by atoms with Crippen LogP contribution in [0.3, 0.4) is 0 Å². The number of halogens is 2. The predicted molar refractivity (Wildman–Crippen MR) is 75.9 cm³/mol. The van der Waals surface area contributed by atoms with Gasteiger partial charge in [0.2, 0.25) is 0 Å². The van der Waals surface area contributed by atoms with Gasteiger partial charge in [-0.05, 0) is 36.8 Å². The van der Waals surface area contributed by atoms with Crippen LogP contribution in [0.4, 0.5) is 4.39 Å². The lowest BCUT2D eigenvalue weighted by atomic mass is 10.1. The van der Waals surface area contributed by atoms with Crippen LogP contribution in [-0.4, -0.2) is 17.0 Å². The highest BCUT2D eigenvalue weighted by molar-refractivity contribution is 9.10. The SMILES string of the molecule is CC1SCCCC1NCc1cc(Br)ccc1F. The standard InChI is InChI=1S/C13H17BrFNS/c1-9-13(3-2-6-17-9)16-8-10-7-11(14)4-5-12(10)15/h4-5,7,9,13,16H,2-3,6,8H2,1H3. The van der Waals surface area contributed by atoms with E-state index in [0.717, 1.165) is 10.0 Å². The van der Waals surface area contributed by atoms with Crippen LogP contribution in [0, 0.1) is 5.82 Å². The predicted octanol–water partition coefficient (Wildman–Crippen LogP) is 3.96. The molecular formula is C13H17BrFNS. The molecule has 1 N–H and O–H groups in total. The van der Waals surface area contributed by atoms with Crippen molar-refractivity contribution in [1.82, 2.24) is 5.32 Å². The summed E-state index contributed by atoms with van der Waals surface area (Å²) in [6.07, 6.45) is 2.46. The van der Waals surface area contributed by atoms with Crippen molar-refractivity contribution in [2.24, 2.45) is 0 Å². The summed E-state index contributed by atoms with van der Waals surface area (Å²) in [6, 6.07) is 5.60. The molecule has 0 saturated carbocycles. The Morgan fingerprint density at radius 2 is 2.35 bits per heavy atom. The molecular weight excluding hydrogens is 301 g/mol. The Morgan fingerprint density at radius 3 is 3.12 bits per heavy atom. The first kappa shape index (κ1) is 13.4. The van der Waals surface area contributed by atoms with Gasteiger partial charge in [0.1, 0.15) is 5.82 Å². The molecule has 1 fully saturated rings. The quantitative estimate of drug-likeness (QED) is 0.905. The third-order valence-electron chi connectivity index (χ3n) is 3.17. The third-order valence-corrected chi connectivity index (χ3v) is 5.04. The van der Waals surface area contributed by atoms with Crippen molar-refractivity contribution in [3.05, 3.63) is 34.1 Å². The Balaban J connectivity index is 1.94. The zero-order valence-corrected chi connectivity index (χ0v) is 12.3. The number of hydrogen-bond donors (Lipinski definition) is 1. The normalized spacial score (nSPS) is 24.9. The average Bonchev–Trinajstić information content (AvgIpc) is 2.32. The molecule has 1 aliphatic heterocycles. The maximum absolute atomic E-state index is 13.6. The van der Waals surface area contributed by atoms with E-state index in [1.807, 2.05) is 17.8 Å². The van der Waals surface area contributed by atoms with Gasteiger partial charge in [-0.25, -0.2) is 4.39 Å². The van der Waals surface area contributed by atoms with Gasteiger partial charge in [0.25, 0.3) is 0 Å². The summed E-state index contributed by atoms with van der Waals surface area (Å²) < 4.78 is 14.5.